The molecule has 1 saturated heterocycles. The maximum Gasteiger partial charge on any atom is 0.313 e. The van der Waals surface area contributed by atoms with Crippen molar-refractivity contribution in [1.82, 2.24) is 14.9 Å². The number of thiophene rings is 1. The lowest BCUT2D eigenvalue weighted by Crippen LogP contribution is -2.57. The van der Waals surface area contributed by atoms with E-state index in [9.17, 15) is 19.8 Å². The van der Waals surface area contributed by atoms with E-state index in [-0.39, 0.29) is 18.5 Å². The molecule has 2 atom stereocenters. The van der Waals surface area contributed by atoms with Gasteiger partial charge in [0.2, 0.25) is 0 Å². The average Bonchev–Trinajstić information content (AvgIpc) is 3.14. The number of hydrogen-bond donors (Lipinski definition) is 3. The van der Waals surface area contributed by atoms with Gasteiger partial charge in [-0.25, -0.2) is 4.98 Å². The maximum atomic E-state index is 12.2. The summed E-state index contributed by atoms with van der Waals surface area (Å²) in [5, 5.41) is 22.4. The molecule has 0 spiro atoms. The number of aliphatic hydroxyl groups is 1. The summed E-state index contributed by atoms with van der Waals surface area (Å²) in [6.45, 7) is 1.05. The number of aromatic nitrogens is 2. The van der Waals surface area contributed by atoms with E-state index in [0.29, 0.717) is 35.6 Å². The lowest BCUT2D eigenvalue weighted by molar-refractivity contribution is -0.163. The summed E-state index contributed by atoms with van der Waals surface area (Å²) < 4.78 is 0.585. The van der Waals surface area contributed by atoms with Crippen molar-refractivity contribution < 1.29 is 15.0 Å². The topological polar surface area (TPSA) is 107 Å². The average molecular weight is 399 g/mol. The minimum atomic E-state index is -1.30. The molecule has 4 rings (SSSR count). The Morgan fingerprint density at radius 2 is 2.11 bits per heavy atom. The predicted molar refractivity (Wildman–Crippen MR) is 106 cm³/mol. The number of piperidine rings is 1. The Bertz CT molecular complexity index is 1050. The molecule has 1 aliphatic heterocycles. The molecular weight excluding hydrogens is 378 g/mol. The quantitative estimate of drug-likeness (QED) is 0.605. The Hall–Kier alpha value is -2.55. The first-order valence-electron chi connectivity index (χ1n) is 9.12. The Morgan fingerprint density at radius 3 is 2.86 bits per heavy atom. The number of aliphatic carboxylic acids is 1. The predicted octanol–water partition coefficient (Wildman–Crippen LogP) is 1.86. The standard InChI is InChI=1S/C20H21N3O4S/c24-15-6-8-23(11-16-21-14-7-9-28-17(14)18(25)22-16)12-20(15,19(26)27)10-13-4-2-1-3-5-13/h1-5,7,9,15,24H,6,8,10-12H2,(H,26,27)(H,21,22,25)/t15-,20-/m1/s1. The van der Waals surface area contributed by atoms with Crippen LogP contribution in [-0.2, 0) is 17.8 Å². The van der Waals surface area contributed by atoms with Crippen LogP contribution in [0.15, 0.2) is 46.6 Å². The highest BCUT2D eigenvalue weighted by molar-refractivity contribution is 7.17. The van der Waals surface area contributed by atoms with Crippen molar-refractivity contribution in [2.24, 2.45) is 5.41 Å². The molecule has 1 fully saturated rings. The third-order valence-electron chi connectivity index (χ3n) is 5.39. The van der Waals surface area contributed by atoms with Gasteiger partial charge in [-0.3, -0.25) is 14.5 Å². The number of aliphatic hydroxyl groups excluding tert-OH is 1. The van der Waals surface area contributed by atoms with Gasteiger partial charge in [0.15, 0.2) is 0 Å². The second kappa shape index (κ2) is 7.46. The van der Waals surface area contributed by atoms with Crippen molar-refractivity contribution >= 4 is 27.5 Å². The zero-order valence-electron chi connectivity index (χ0n) is 15.2. The van der Waals surface area contributed by atoms with Gasteiger partial charge in [0, 0.05) is 13.1 Å². The SMILES string of the molecule is O=C(O)[C@]1(Cc2ccccc2)CN(Cc2nc3ccsc3c(=O)[nH]2)CC[C@H]1O. The minimum absolute atomic E-state index is 0.180. The summed E-state index contributed by atoms with van der Waals surface area (Å²) in [6.07, 6.45) is -0.342. The molecule has 3 heterocycles. The van der Waals surface area contributed by atoms with E-state index in [1.165, 1.54) is 11.3 Å². The molecule has 3 N–H and O–H groups in total. The van der Waals surface area contributed by atoms with Crippen LogP contribution >= 0.6 is 11.3 Å². The second-order valence-electron chi connectivity index (χ2n) is 7.29. The molecule has 1 aromatic carbocycles. The van der Waals surface area contributed by atoms with Gasteiger partial charge >= 0.3 is 5.97 Å². The third kappa shape index (κ3) is 3.46. The molecule has 2 aromatic heterocycles. The highest BCUT2D eigenvalue weighted by atomic mass is 32.1. The second-order valence-corrected chi connectivity index (χ2v) is 8.20. The number of carbonyl (C=O) groups is 1. The van der Waals surface area contributed by atoms with Crippen LogP contribution in [0.5, 0.6) is 0 Å². The molecule has 1 aliphatic rings. The van der Waals surface area contributed by atoms with Crippen molar-refractivity contribution in [3.05, 3.63) is 63.5 Å². The minimum Gasteiger partial charge on any atom is -0.481 e. The summed E-state index contributed by atoms with van der Waals surface area (Å²) >= 11 is 1.34. The van der Waals surface area contributed by atoms with Gasteiger partial charge in [-0.2, -0.15) is 0 Å². The third-order valence-corrected chi connectivity index (χ3v) is 6.29. The molecule has 0 aliphatic carbocycles. The van der Waals surface area contributed by atoms with E-state index in [1.807, 2.05) is 40.6 Å². The zero-order chi connectivity index (χ0) is 19.7. The number of hydrogen-bond acceptors (Lipinski definition) is 6. The van der Waals surface area contributed by atoms with Gasteiger partial charge in [-0.15, -0.1) is 11.3 Å². The van der Waals surface area contributed by atoms with E-state index in [4.69, 9.17) is 0 Å². The van der Waals surface area contributed by atoms with Gasteiger partial charge in [-0.1, -0.05) is 30.3 Å². The molecule has 146 valence electrons. The van der Waals surface area contributed by atoms with E-state index in [1.54, 1.807) is 6.07 Å². The molecule has 0 radical (unpaired) electrons. The van der Waals surface area contributed by atoms with Crippen molar-refractivity contribution in [3.8, 4) is 0 Å². The van der Waals surface area contributed by atoms with Crippen molar-refractivity contribution in [1.29, 1.82) is 0 Å². The first-order chi connectivity index (χ1) is 13.5. The van der Waals surface area contributed by atoms with E-state index < -0.39 is 17.5 Å². The van der Waals surface area contributed by atoms with E-state index in [2.05, 4.69) is 9.97 Å². The van der Waals surface area contributed by atoms with Crippen LogP contribution in [0.1, 0.15) is 17.8 Å². The van der Waals surface area contributed by atoms with Crippen LogP contribution in [0.25, 0.3) is 10.2 Å². The molecular formula is C20H21N3O4S. The van der Waals surface area contributed by atoms with Gasteiger partial charge in [0.1, 0.15) is 15.9 Å². The van der Waals surface area contributed by atoms with Crippen LogP contribution < -0.4 is 5.56 Å². The Balaban J connectivity index is 1.60. The van der Waals surface area contributed by atoms with E-state index in [0.717, 1.165) is 5.56 Å². The summed E-state index contributed by atoms with van der Waals surface area (Å²) in [5.41, 5.74) is 0.0410. The first-order valence-corrected chi connectivity index (χ1v) is 10.00. The number of rotatable bonds is 5. The molecule has 8 heteroatoms. The zero-order valence-corrected chi connectivity index (χ0v) is 16.0. The summed E-state index contributed by atoms with van der Waals surface area (Å²) in [4.78, 5) is 33.6. The van der Waals surface area contributed by atoms with Crippen molar-refractivity contribution in [2.45, 2.75) is 25.5 Å². The lowest BCUT2D eigenvalue weighted by Gasteiger charge is -2.43. The number of aromatic amines is 1. The van der Waals surface area contributed by atoms with Crippen LogP contribution in [0.4, 0.5) is 0 Å². The molecule has 0 saturated carbocycles. The molecule has 28 heavy (non-hydrogen) atoms. The summed E-state index contributed by atoms with van der Waals surface area (Å²) in [6, 6.07) is 11.2. The summed E-state index contributed by atoms with van der Waals surface area (Å²) in [7, 11) is 0. The van der Waals surface area contributed by atoms with Crippen molar-refractivity contribution in [2.75, 3.05) is 13.1 Å². The Labute approximate surface area is 165 Å². The van der Waals surface area contributed by atoms with E-state index >= 15 is 0 Å². The fourth-order valence-corrected chi connectivity index (χ4v) is 4.65. The smallest absolute Gasteiger partial charge is 0.313 e. The van der Waals surface area contributed by atoms with Crippen LogP contribution in [-0.4, -0.2) is 50.2 Å². The highest BCUT2D eigenvalue weighted by Gasteiger charge is 2.49. The number of nitrogens with one attached hydrogen (secondary N) is 1. The van der Waals surface area contributed by atoms with Crippen LogP contribution in [0.3, 0.4) is 0 Å². The number of H-pyrrole nitrogens is 1. The Morgan fingerprint density at radius 1 is 1.32 bits per heavy atom. The normalized spacial score (nSPS) is 23.1. The van der Waals surface area contributed by atoms with Gasteiger partial charge in [-0.05, 0) is 29.9 Å². The molecule has 0 bridgehead atoms. The number of nitrogens with zero attached hydrogens (tertiary/aromatic N) is 2. The molecule has 0 unspecified atom stereocenters. The highest BCUT2D eigenvalue weighted by Crippen LogP contribution is 2.35. The van der Waals surface area contributed by atoms with Gasteiger partial charge in [0.05, 0.1) is 18.2 Å². The lowest BCUT2D eigenvalue weighted by atomic mass is 9.73. The summed E-state index contributed by atoms with van der Waals surface area (Å²) in [5.74, 6) is -0.505. The number of carboxylic acid groups (broad SMARTS) is 1. The molecule has 0 amide bonds. The molecule has 7 nitrogen and oxygen atoms in total. The largest absolute Gasteiger partial charge is 0.481 e. The van der Waals surface area contributed by atoms with Crippen molar-refractivity contribution in [3.63, 3.8) is 0 Å². The number of benzene rings is 1. The van der Waals surface area contributed by atoms with Crippen LogP contribution in [0, 0.1) is 5.41 Å². The first kappa shape index (κ1) is 18.8. The van der Waals surface area contributed by atoms with Crippen LogP contribution in [0.2, 0.25) is 0 Å². The Kier molecular flexibility index (Phi) is 5.01. The van der Waals surface area contributed by atoms with Gasteiger partial charge < -0.3 is 15.2 Å². The molecule has 3 aromatic rings. The maximum absolute atomic E-state index is 12.2. The monoisotopic (exact) mass is 399 g/mol. The fourth-order valence-electron chi connectivity index (χ4n) is 3.93. The number of likely N-dealkylation sites (tertiary alicyclic amines) is 1. The number of carboxylic acids is 1. The fraction of sp³-hybridized carbons (Fsp3) is 0.350. The number of fused-ring (bicyclic) bond motifs is 1. The van der Waals surface area contributed by atoms with Gasteiger partial charge in [0.25, 0.3) is 5.56 Å².